The molecule has 0 spiro atoms. The van der Waals surface area contributed by atoms with Crippen molar-refractivity contribution < 1.29 is 14.7 Å². The number of hydrogen-bond acceptors (Lipinski definition) is 4. The smallest absolute Gasteiger partial charge is 0.253 e. The summed E-state index contributed by atoms with van der Waals surface area (Å²) in [4.78, 5) is 27.6. The van der Waals surface area contributed by atoms with Gasteiger partial charge in [0.25, 0.3) is 5.91 Å². The second-order valence-corrected chi connectivity index (χ2v) is 6.14. The molecule has 0 radical (unpaired) electrons. The first-order valence-corrected chi connectivity index (χ1v) is 7.78. The van der Waals surface area contributed by atoms with Gasteiger partial charge in [-0.05, 0) is 24.5 Å². The highest BCUT2D eigenvalue weighted by molar-refractivity contribution is 5.95. The third kappa shape index (κ3) is 3.22. The number of amides is 2. The standard InChI is InChI=1S/C18H19N3O3/c1-12(22)20-15-8-18(9-15,14-5-3-2-4-6-14)21-17(24)13-7-16(23)11-19-10-13/h2-7,10-11,15,23H,8-9H2,1H3,(H,20,22)(H,21,24). The number of carbonyl (C=O) groups excluding carboxylic acids is 2. The molecule has 3 rings (SSSR count). The summed E-state index contributed by atoms with van der Waals surface area (Å²) in [6.45, 7) is 1.49. The molecule has 24 heavy (non-hydrogen) atoms. The average molecular weight is 325 g/mol. The molecule has 1 heterocycles. The van der Waals surface area contributed by atoms with E-state index >= 15 is 0 Å². The van der Waals surface area contributed by atoms with E-state index in [9.17, 15) is 14.7 Å². The molecule has 2 amide bonds. The van der Waals surface area contributed by atoms with Gasteiger partial charge < -0.3 is 15.7 Å². The Bertz CT molecular complexity index is 755. The number of benzene rings is 1. The minimum Gasteiger partial charge on any atom is -0.506 e. The van der Waals surface area contributed by atoms with E-state index in [0.29, 0.717) is 18.4 Å². The number of hydrogen-bond donors (Lipinski definition) is 3. The summed E-state index contributed by atoms with van der Waals surface area (Å²) < 4.78 is 0. The van der Waals surface area contributed by atoms with E-state index in [1.54, 1.807) is 0 Å². The molecule has 1 saturated carbocycles. The van der Waals surface area contributed by atoms with Crippen LogP contribution < -0.4 is 10.6 Å². The third-order valence-electron chi connectivity index (χ3n) is 4.26. The molecule has 0 bridgehead atoms. The van der Waals surface area contributed by atoms with Gasteiger partial charge in [-0.3, -0.25) is 14.6 Å². The fourth-order valence-corrected chi connectivity index (χ4v) is 3.18. The van der Waals surface area contributed by atoms with Crippen LogP contribution in [0.1, 0.15) is 35.7 Å². The third-order valence-corrected chi connectivity index (χ3v) is 4.26. The molecule has 3 N–H and O–H groups in total. The summed E-state index contributed by atoms with van der Waals surface area (Å²) in [6, 6.07) is 11.1. The van der Waals surface area contributed by atoms with E-state index in [1.165, 1.54) is 25.4 Å². The van der Waals surface area contributed by atoms with Crippen molar-refractivity contribution in [3.8, 4) is 5.75 Å². The van der Waals surface area contributed by atoms with Crippen LogP contribution in [0.4, 0.5) is 0 Å². The van der Waals surface area contributed by atoms with E-state index in [4.69, 9.17) is 0 Å². The molecule has 1 aliphatic rings. The molecule has 0 aliphatic heterocycles. The maximum Gasteiger partial charge on any atom is 0.253 e. The number of nitrogens with one attached hydrogen (secondary N) is 2. The van der Waals surface area contributed by atoms with Crippen LogP contribution in [0.3, 0.4) is 0 Å². The fraction of sp³-hybridized carbons (Fsp3) is 0.278. The number of rotatable bonds is 4. The topological polar surface area (TPSA) is 91.3 Å². The van der Waals surface area contributed by atoms with E-state index in [2.05, 4.69) is 15.6 Å². The second kappa shape index (κ2) is 6.31. The zero-order valence-electron chi connectivity index (χ0n) is 13.3. The van der Waals surface area contributed by atoms with Crippen LogP contribution >= 0.6 is 0 Å². The van der Waals surface area contributed by atoms with Gasteiger partial charge in [0.05, 0.1) is 17.3 Å². The molecule has 0 atom stereocenters. The Morgan fingerprint density at radius 3 is 2.54 bits per heavy atom. The Morgan fingerprint density at radius 1 is 1.21 bits per heavy atom. The highest BCUT2D eigenvalue weighted by Gasteiger charge is 2.47. The number of pyridine rings is 1. The molecular weight excluding hydrogens is 306 g/mol. The predicted molar refractivity (Wildman–Crippen MR) is 88.3 cm³/mol. The van der Waals surface area contributed by atoms with Gasteiger partial charge in [-0.2, -0.15) is 0 Å². The van der Waals surface area contributed by atoms with Gasteiger partial charge in [-0.25, -0.2) is 0 Å². The average Bonchev–Trinajstić information content (AvgIpc) is 2.53. The van der Waals surface area contributed by atoms with Crippen LogP contribution in [0.25, 0.3) is 0 Å². The van der Waals surface area contributed by atoms with Crippen LogP contribution in [0.5, 0.6) is 5.75 Å². The first-order chi connectivity index (χ1) is 11.5. The molecule has 2 aromatic rings. The molecule has 6 heteroatoms. The first-order valence-electron chi connectivity index (χ1n) is 7.78. The number of nitrogens with zero attached hydrogens (tertiary/aromatic N) is 1. The Balaban J connectivity index is 1.82. The molecule has 124 valence electrons. The summed E-state index contributed by atoms with van der Waals surface area (Å²) in [7, 11) is 0. The summed E-state index contributed by atoms with van der Waals surface area (Å²) in [6.07, 6.45) is 3.93. The highest BCUT2D eigenvalue weighted by atomic mass is 16.3. The van der Waals surface area contributed by atoms with Crippen molar-refractivity contribution in [1.29, 1.82) is 0 Å². The van der Waals surface area contributed by atoms with Crippen molar-refractivity contribution in [2.75, 3.05) is 0 Å². The quantitative estimate of drug-likeness (QED) is 0.798. The summed E-state index contributed by atoms with van der Waals surface area (Å²) in [5.74, 6) is -0.435. The predicted octanol–water partition coefficient (Wildman–Crippen LogP) is 1.71. The monoisotopic (exact) mass is 325 g/mol. The van der Waals surface area contributed by atoms with Crippen LogP contribution in [0, 0.1) is 0 Å². The Hall–Kier alpha value is -2.89. The highest BCUT2D eigenvalue weighted by Crippen LogP contribution is 2.41. The lowest BCUT2D eigenvalue weighted by Gasteiger charge is -2.48. The van der Waals surface area contributed by atoms with Gasteiger partial charge in [-0.1, -0.05) is 30.3 Å². The van der Waals surface area contributed by atoms with Gasteiger partial charge in [0.15, 0.2) is 0 Å². The Kier molecular flexibility index (Phi) is 4.20. The lowest BCUT2D eigenvalue weighted by molar-refractivity contribution is -0.120. The van der Waals surface area contributed by atoms with Gasteiger partial charge in [0.1, 0.15) is 5.75 Å². The van der Waals surface area contributed by atoms with E-state index in [-0.39, 0.29) is 23.6 Å². The van der Waals surface area contributed by atoms with Crippen molar-refractivity contribution in [1.82, 2.24) is 15.6 Å². The van der Waals surface area contributed by atoms with Crippen molar-refractivity contribution in [3.05, 3.63) is 59.9 Å². The van der Waals surface area contributed by atoms with Crippen molar-refractivity contribution >= 4 is 11.8 Å². The van der Waals surface area contributed by atoms with Gasteiger partial charge in [0, 0.05) is 19.2 Å². The van der Waals surface area contributed by atoms with Gasteiger partial charge in [-0.15, -0.1) is 0 Å². The largest absolute Gasteiger partial charge is 0.506 e. The minimum atomic E-state index is -0.531. The zero-order valence-corrected chi connectivity index (χ0v) is 13.3. The van der Waals surface area contributed by atoms with Crippen molar-refractivity contribution in [3.63, 3.8) is 0 Å². The zero-order chi connectivity index (χ0) is 17.2. The van der Waals surface area contributed by atoms with Crippen LogP contribution in [-0.4, -0.2) is 27.9 Å². The Morgan fingerprint density at radius 2 is 1.92 bits per heavy atom. The van der Waals surface area contributed by atoms with E-state index in [1.807, 2.05) is 30.3 Å². The first kappa shape index (κ1) is 16.0. The molecule has 1 aromatic heterocycles. The fourth-order valence-electron chi connectivity index (χ4n) is 3.18. The molecule has 1 fully saturated rings. The van der Waals surface area contributed by atoms with E-state index in [0.717, 1.165) is 5.56 Å². The Labute approximate surface area is 139 Å². The van der Waals surface area contributed by atoms with Gasteiger partial charge in [0.2, 0.25) is 5.91 Å². The lowest BCUT2D eigenvalue weighted by Crippen LogP contribution is -2.61. The summed E-state index contributed by atoms with van der Waals surface area (Å²) >= 11 is 0. The van der Waals surface area contributed by atoms with Crippen LogP contribution in [0.15, 0.2) is 48.8 Å². The lowest BCUT2D eigenvalue weighted by atomic mass is 9.68. The maximum absolute atomic E-state index is 12.6. The van der Waals surface area contributed by atoms with E-state index < -0.39 is 5.54 Å². The van der Waals surface area contributed by atoms with Crippen molar-refractivity contribution in [2.24, 2.45) is 0 Å². The van der Waals surface area contributed by atoms with Crippen molar-refractivity contribution in [2.45, 2.75) is 31.3 Å². The maximum atomic E-state index is 12.6. The summed E-state index contributed by atoms with van der Waals surface area (Å²) in [5, 5.41) is 15.4. The number of aromatic hydroxyl groups is 1. The molecule has 0 saturated heterocycles. The number of carbonyl (C=O) groups is 2. The minimum absolute atomic E-state index is 0.0327. The summed E-state index contributed by atoms with van der Waals surface area (Å²) in [5.41, 5.74) is 0.762. The number of aromatic nitrogens is 1. The normalized spacial score (nSPS) is 22.3. The molecule has 1 aliphatic carbocycles. The SMILES string of the molecule is CC(=O)NC1CC(NC(=O)c2cncc(O)c2)(c2ccccc2)C1. The molecule has 6 nitrogen and oxygen atoms in total. The van der Waals surface area contributed by atoms with Crippen LogP contribution in [-0.2, 0) is 10.3 Å². The second-order valence-electron chi connectivity index (χ2n) is 6.14. The van der Waals surface area contributed by atoms with Crippen LogP contribution in [0.2, 0.25) is 0 Å². The molecule has 1 aromatic carbocycles. The molecule has 0 unspecified atom stereocenters. The molecular formula is C18H19N3O3. The van der Waals surface area contributed by atoms with Gasteiger partial charge >= 0.3 is 0 Å².